The number of ether oxygens (including phenoxy) is 2. The number of benzene rings is 1. The summed E-state index contributed by atoms with van der Waals surface area (Å²) in [7, 11) is 2.16. The first-order chi connectivity index (χ1) is 15.1. The minimum Gasteiger partial charge on any atom is -0.477 e. The molecule has 31 heavy (non-hydrogen) atoms. The lowest BCUT2D eigenvalue weighted by atomic mass is 9.98. The van der Waals surface area contributed by atoms with Crippen molar-refractivity contribution in [3.05, 3.63) is 54.4 Å². The number of amides is 1. The van der Waals surface area contributed by atoms with Gasteiger partial charge in [0.1, 0.15) is 0 Å². The summed E-state index contributed by atoms with van der Waals surface area (Å²) in [5, 5.41) is 5.03. The second-order valence-electron chi connectivity index (χ2n) is 7.89. The Balaban J connectivity index is 1.36. The SMILES string of the molecule is CN1CCC(COc2cc(CNc3ccc4c(OC(N)=O)nccc4c3)ccn2)CC1. The summed E-state index contributed by atoms with van der Waals surface area (Å²) >= 11 is 0. The summed E-state index contributed by atoms with van der Waals surface area (Å²) < 4.78 is 10.9. The van der Waals surface area contributed by atoms with E-state index < -0.39 is 6.09 Å². The van der Waals surface area contributed by atoms with Crippen LogP contribution >= 0.6 is 0 Å². The number of rotatable bonds is 7. The molecule has 1 saturated heterocycles. The van der Waals surface area contributed by atoms with Crippen molar-refractivity contribution in [2.45, 2.75) is 19.4 Å². The van der Waals surface area contributed by atoms with Crippen LogP contribution in [0.4, 0.5) is 10.5 Å². The zero-order valence-corrected chi connectivity index (χ0v) is 17.6. The van der Waals surface area contributed by atoms with Crippen molar-refractivity contribution in [1.29, 1.82) is 0 Å². The fourth-order valence-electron chi connectivity index (χ4n) is 3.71. The highest BCUT2D eigenvalue weighted by atomic mass is 16.6. The van der Waals surface area contributed by atoms with E-state index in [9.17, 15) is 4.79 Å². The molecular weight excluding hydrogens is 394 g/mol. The Labute approximate surface area is 181 Å². The standard InChI is InChI=1S/C23H27N5O3/c1-28-10-6-16(7-11-28)15-30-21-12-17(4-8-25-21)14-27-19-2-3-20-18(13-19)5-9-26-22(20)31-23(24)29/h2-5,8-9,12-13,16,27H,6-7,10-11,14-15H2,1H3,(H2,24,29). The van der Waals surface area contributed by atoms with E-state index >= 15 is 0 Å². The number of carbonyl (C=O) groups is 1. The van der Waals surface area contributed by atoms with Crippen LogP contribution in [0.1, 0.15) is 18.4 Å². The number of nitrogens with two attached hydrogens (primary N) is 1. The first-order valence-electron chi connectivity index (χ1n) is 10.4. The number of piperidine rings is 1. The number of hydrogen-bond acceptors (Lipinski definition) is 7. The van der Waals surface area contributed by atoms with Gasteiger partial charge in [-0.1, -0.05) is 0 Å². The molecule has 162 valence electrons. The van der Waals surface area contributed by atoms with E-state index in [4.69, 9.17) is 15.2 Å². The minimum atomic E-state index is -0.881. The van der Waals surface area contributed by atoms with Gasteiger partial charge in [-0.05, 0) is 80.2 Å². The van der Waals surface area contributed by atoms with Gasteiger partial charge in [0.25, 0.3) is 0 Å². The number of nitrogens with zero attached hydrogens (tertiary/aromatic N) is 3. The smallest absolute Gasteiger partial charge is 0.411 e. The summed E-state index contributed by atoms with van der Waals surface area (Å²) in [6, 6.07) is 11.5. The molecule has 3 heterocycles. The Bertz CT molecular complexity index is 1050. The van der Waals surface area contributed by atoms with Crippen molar-refractivity contribution in [2.75, 3.05) is 32.1 Å². The Morgan fingerprint density at radius 1 is 1.16 bits per heavy atom. The summed E-state index contributed by atoms with van der Waals surface area (Å²) in [6.45, 7) is 3.60. The zero-order chi connectivity index (χ0) is 21.6. The molecule has 1 aliphatic heterocycles. The van der Waals surface area contributed by atoms with Crippen molar-refractivity contribution in [3.63, 3.8) is 0 Å². The quantitative estimate of drug-likeness (QED) is 0.602. The molecular formula is C23H27N5O3. The molecule has 3 aromatic rings. The van der Waals surface area contributed by atoms with Crippen molar-refractivity contribution >= 4 is 22.6 Å². The van der Waals surface area contributed by atoms with Crippen LogP contribution in [0, 0.1) is 5.92 Å². The molecule has 1 fully saturated rings. The van der Waals surface area contributed by atoms with Gasteiger partial charge in [0.15, 0.2) is 0 Å². The molecule has 2 aromatic heterocycles. The normalized spacial score (nSPS) is 15.0. The van der Waals surface area contributed by atoms with Gasteiger partial charge < -0.3 is 25.4 Å². The lowest BCUT2D eigenvalue weighted by Gasteiger charge is -2.28. The minimum absolute atomic E-state index is 0.206. The van der Waals surface area contributed by atoms with E-state index in [1.54, 1.807) is 12.4 Å². The second kappa shape index (κ2) is 9.61. The van der Waals surface area contributed by atoms with E-state index in [0.29, 0.717) is 24.9 Å². The van der Waals surface area contributed by atoms with Gasteiger partial charge in [-0.15, -0.1) is 0 Å². The average molecular weight is 422 g/mol. The van der Waals surface area contributed by atoms with Gasteiger partial charge >= 0.3 is 6.09 Å². The maximum Gasteiger partial charge on any atom is 0.411 e. The molecule has 8 heteroatoms. The van der Waals surface area contributed by atoms with Crippen LogP contribution in [0.3, 0.4) is 0 Å². The molecule has 0 radical (unpaired) electrons. The van der Waals surface area contributed by atoms with Crippen molar-refractivity contribution < 1.29 is 14.3 Å². The van der Waals surface area contributed by atoms with Crippen molar-refractivity contribution in [2.24, 2.45) is 11.7 Å². The molecule has 0 saturated carbocycles. The van der Waals surface area contributed by atoms with E-state index in [1.165, 1.54) is 12.8 Å². The topological polar surface area (TPSA) is 103 Å². The van der Waals surface area contributed by atoms with E-state index in [2.05, 4.69) is 27.2 Å². The van der Waals surface area contributed by atoms with Gasteiger partial charge in [-0.25, -0.2) is 14.8 Å². The van der Waals surface area contributed by atoms with Crippen LogP contribution < -0.4 is 20.5 Å². The summed E-state index contributed by atoms with van der Waals surface area (Å²) in [5.74, 6) is 1.46. The van der Waals surface area contributed by atoms with Crippen LogP contribution in [0.15, 0.2) is 48.8 Å². The Morgan fingerprint density at radius 3 is 2.77 bits per heavy atom. The largest absolute Gasteiger partial charge is 0.477 e. The van der Waals surface area contributed by atoms with Crippen LogP contribution in [0.2, 0.25) is 0 Å². The van der Waals surface area contributed by atoms with Gasteiger partial charge in [-0.2, -0.15) is 0 Å². The number of aromatic nitrogens is 2. The highest BCUT2D eigenvalue weighted by Crippen LogP contribution is 2.26. The molecule has 3 N–H and O–H groups in total. The highest BCUT2D eigenvalue weighted by molar-refractivity contribution is 5.90. The third kappa shape index (κ3) is 5.61. The average Bonchev–Trinajstić information content (AvgIpc) is 2.77. The first-order valence-corrected chi connectivity index (χ1v) is 10.4. The summed E-state index contributed by atoms with van der Waals surface area (Å²) in [6.07, 6.45) is 4.82. The molecule has 0 aliphatic carbocycles. The second-order valence-corrected chi connectivity index (χ2v) is 7.89. The maximum absolute atomic E-state index is 11.0. The number of carbonyl (C=O) groups excluding carboxylic acids is 1. The van der Waals surface area contributed by atoms with Gasteiger partial charge in [-0.3, -0.25) is 0 Å². The fraction of sp³-hybridized carbons (Fsp3) is 0.348. The number of pyridine rings is 2. The predicted octanol–water partition coefficient (Wildman–Crippen LogP) is 3.42. The molecule has 4 rings (SSSR count). The lowest BCUT2D eigenvalue weighted by molar-refractivity contribution is 0.157. The molecule has 0 unspecified atom stereocenters. The molecule has 8 nitrogen and oxygen atoms in total. The van der Waals surface area contributed by atoms with Crippen molar-refractivity contribution in [1.82, 2.24) is 14.9 Å². The number of primary amides is 1. The van der Waals surface area contributed by atoms with Crippen LogP contribution in [0.5, 0.6) is 11.8 Å². The van der Waals surface area contributed by atoms with Gasteiger partial charge in [0.2, 0.25) is 11.8 Å². The molecule has 1 amide bonds. The third-order valence-electron chi connectivity index (χ3n) is 5.53. The molecule has 1 aliphatic rings. The van der Waals surface area contributed by atoms with Gasteiger partial charge in [0.05, 0.1) is 6.61 Å². The number of hydrogen-bond donors (Lipinski definition) is 2. The Morgan fingerprint density at radius 2 is 1.97 bits per heavy atom. The van der Waals surface area contributed by atoms with E-state index in [0.717, 1.165) is 35.1 Å². The number of likely N-dealkylation sites (tertiary alicyclic amines) is 1. The first kappa shape index (κ1) is 20.9. The summed E-state index contributed by atoms with van der Waals surface area (Å²) in [5.41, 5.74) is 7.13. The monoisotopic (exact) mass is 421 g/mol. The number of fused-ring (bicyclic) bond motifs is 1. The van der Waals surface area contributed by atoms with E-state index in [-0.39, 0.29) is 5.88 Å². The van der Waals surface area contributed by atoms with E-state index in [1.807, 2.05) is 36.4 Å². The van der Waals surface area contributed by atoms with Crippen LogP contribution in [-0.4, -0.2) is 47.7 Å². The molecule has 0 atom stereocenters. The predicted molar refractivity (Wildman–Crippen MR) is 119 cm³/mol. The van der Waals surface area contributed by atoms with Crippen molar-refractivity contribution in [3.8, 4) is 11.8 Å². The molecule has 1 aromatic carbocycles. The number of nitrogens with one attached hydrogen (secondary N) is 1. The maximum atomic E-state index is 11.0. The zero-order valence-electron chi connectivity index (χ0n) is 17.6. The highest BCUT2D eigenvalue weighted by Gasteiger charge is 2.17. The molecule has 0 bridgehead atoms. The number of anilines is 1. The Hall–Kier alpha value is -3.39. The lowest BCUT2D eigenvalue weighted by Crippen LogP contribution is -2.32. The Kier molecular flexibility index (Phi) is 6.47. The third-order valence-corrected chi connectivity index (χ3v) is 5.53. The summed E-state index contributed by atoms with van der Waals surface area (Å²) in [4.78, 5) is 21.8. The molecule has 0 spiro atoms. The van der Waals surface area contributed by atoms with Gasteiger partial charge in [0, 0.05) is 36.1 Å². The van der Waals surface area contributed by atoms with Crippen LogP contribution in [0.25, 0.3) is 10.8 Å². The van der Waals surface area contributed by atoms with Crippen LogP contribution in [-0.2, 0) is 6.54 Å². The fourth-order valence-corrected chi connectivity index (χ4v) is 3.71.